The van der Waals surface area contributed by atoms with Gasteiger partial charge in [-0.25, -0.2) is 0 Å². The molecule has 0 saturated carbocycles. The fourth-order valence-corrected chi connectivity index (χ4v) is 7.06. The molecule has 1 unspecified atom stereocenters. The molecule has 0 spiro atoms. The standard InChI is InChI=1S/C21H46O3S2Si/c1-4-7-10-13-17-22-27(21(26)16-20-25,23-18-14-11-8-5-2)24-19-15-12-9-6-3/h21,25-26H,4-20H2,1-3H3. The van der Waals surface area contributed by atoms with Crippen molar-refractivity contribution in [2.24, 2.45) is 0 Å². The molecule has 0 rings (SSSR count). The molecule has 0 fully saturated rings. The van der Waals surface area contributed by atoms with Crippen LogP contribution in [0.2, 0.25) is 0 Å². The molecule has 0 aliphatic rings. The highest BCUT2D eigenvalue weighted by atomic mass is 32.1. The van der Waals surface area contributed by atoms with Crippen LogP contribution >= 0.6 is 25.3 Å². The molecule has 0 N–H and O–H groups in total. The fraction of sp³-hybridized carbons (Fsp3) is 1.00. The topological polar surface area (TPSA) is 27.7 Å². The van der Waals surface area contributed by atoms with Gasteiger partial charge in [0.1, 0.15) is 0 Å². The van der Waals surface area contributed by atoms with Crippen LogP contribution < -0.4 is 0 Å². The quantitative estimate of drug-likeness (QED) is 0.116. The normalized spacial score (nSPS) is 13.2. The van der Waals surface area contributed by atoms with E-state index in [2.05, 4.69) is 33.4 Å². The van der Waals surface area contributed by atoms with E-state index in [1.807, 2.05) is 0 Å². The first kappa shape index (κ1) is 27.8. The Labute approximate surface area is 181 Å². The van der Waals surface area contributed by atoms with Gasteiger partial charge in [-0.05, 0) is 31.4 Å². The van der Waals surface area contributed by atoms with Crippen LogP contribution in [0, 0.1) is 0 Å². The Kier molecular flexibility index (Phi) is 20.7. The van der Waals surface area contributed by atoms with Crippen molar-refractivity contribution >= 4 is 34.1 Å². The number of unbranched alkanes of at least 4 members (excludes halogenated alkanes) is 9. The van der Waals surface area contributed by atoms with Gasteiger partial charge in [-0.1, -0.05) is 78.6 Å². The fourth-order valence-electron chi connectivity index (χ4n) is 2.94. The average Bonchev–Trinajstić information content (AvgIpc) is 2.67. The largest absolute Gasteiger partial charge is 0.514 e. The summed E-state index contributed by atoms with van der Waals surface area (Å²) < 4.78 is 19.2. The van der Waals surface area contributed by atoms with Gasteiger partial charge >= 0.3 is 8.80 Å². The molecule has 0 aliphatic carbocycles. The maximum atomic E-state index is 6.39. The van der Waals surface area contributed by atoms with Gasteiger partial charge < -0.3 is 13.3 Å². The summed E-state index contributed by atoms with van der Waals surface area (Å²) in [6, 6.07) is 0. The summed E-state index contributed by atoms with van der Waals surface area (Å²) in [5.74, 6) is 0.778. The highest BCUT2D eigenvalue weighted by Gasteiger charge is 2.47. The Morgan fingerprint density at radius 2 is 1.00 bits per heavy atom. The summed E-state index contributed by atoms with van der Waals surface area (Å²) in [6.07, 6.45) is 15.2. The minimum atomic E-state index is -2.79. The third kappa shape index (κ3) is 14.4. The lowest BCUT2D eigenvalue weighted by molar-refractivity contribution is 0.0535. The van der Waals surface area contributed by atoms with Gasteiger partial charge in [0.25, 0.3) is 0 Å². The average molecular weight is 439 g/mol. The van der Waals surface area contributed by atoms with Gasteiger partial charge in [0.15, 0.2) is 0 Å². The molecule has 0 aromatic rings. The van der Waals surface area contributed by atoms with Crippen molar-refractivity contribution in [1.29, 1.82) is 0 Å². The Hall–Kier alpha value is 0.797. The van der Waals surface area contributed by atoms with E-state index in [1.54, 1.807) is 0 Å². The van der Waals surface area contributed by atoms with E-state index in [4.69, 9.17) is 25.9 Å². The summed E-state index contributed by atoms with van der Waals surface area (Å²) in [5, 5.41) is 0. The molecule has 0 aromatic heterocycles. The van der Waals surface area contributed by atoms with Gasteiger partial charge in [-0.3, -0.25) is 0 Å². The summed E-state index contributed by atoms with van der Waals surface area (Å²) in [5.41, 5.74) is 0. The number of hydrogen-bond acceptors (Lipinski definition) is 5. The summed E-state index contributed by atoms with van der Waals surface area (Å²) in [6.45, 7) is 8.86. The van der Waals surface area contributed by atoms with E-state index in [-0.39, 0.29) is 4.87 Å². The van der Waals surface area contributed by atoms with E-state index < -0.39 is 8.80 Å². The molecule has 6 heteroatoms. The zero-order valence-electron chi connectivity index (χ0n) is 18.2. The second kappa shape index (κ2) is 20.1. The second-order valence-corrected chi connectivity index (χ2v) is 11.7. The van der Waals surface area contributed by atoms with Crippen LogP contribution in [0.15, 0.2) is 0 Å². The Morgan fingerprint density at radius 1 is 0.630 bits per heavy atom. The SMILES string of the molecule is CCCCCCO[Si](OCCCCCC)(OCCCCCC)C(S)CCS. The first-order valence-corrected chi connectivity index (χ1v) is 14.3. The minimum absolute atomic E-state index is 0.0125. The molecule has 164 valence electrons. The van der Waals surface area contributed by atoms with E-state index in [0.29, 0.717) is 0 Å². The molecule has 0 radical (unpaired) electrons. The molecule has 27 heavy (non-hydrogen) atoms. The zero-order chi connectivity index (χ0) is 20.2. The number of rotatable bonds is 21. The van der Waals surface area contributed by atoms with Crippen LogP contribution in [0.4, 0.5) is 0 Å². The minimum Gasteiger partial charge on any atom is -0.373 e. The molecule has 0 bridgehead atoms. The maximum absolute atomic E-state index is 6.39. The van der Waals surface area contributed by atoms with E-state index in [0.717, 1.165) is 51.3 Å². The number of hydrogen-bond donors (Lipinski definition) is 2. The lowest BCUT2D eigenvalue weighted by Crippen LogP contribution is -2.55. The smallest absolute Gasteiger partial charge is 0.373 e. The van der Waals surface area contributed by atoms with Crippen molar-refractivity contribution < 1.29 is 13.3 Å². The van der Waals surface area contributed by atoms with Crippen LogP contribution in [0.1, 0.15) is 104 Å². The molecule has 0 aromatic carbocycles. The Bertz CT molecular complexity index is 273. The van der Waals surface area contributed by atoms with Gasteiger partial charge in [0.2, 0.25) is 0 Å². The Morgan fingerprint density at radius 3 is 1.30 bits per heavy atom. The molecule has 0 aliphatic heterocycles. The van der Waals surface area contributed by atoms with Crippen molar-refractivity contribution in [3.05, 3.63) is 0 Å². The first-order chi connectivity index (χ1) is 13.2. The Balaban J connectivity index is 4.77. The predicted octanol–water partition coefficient (Wildman–Crippen LogP) is 6.87. The molecule has 1 atom stereocenters. The lowest BCUT2D eigenvalue weighted by atomic mass is 10.2. The van der Waals surface area contributed by atoms with E-state index in [1.165, 1.54) is 57.8 Å². The van der Waals surface area contributed by atoms with Gasteiger partial charge in [-0.2, -0.15) is 25.3 Å². The van der Waals surface area contributed by atoms with E-state index >= 15 is 0 Å². The van der Waals surface area contributed by atoms with Crippen molar-refractivity contribution in [1.82, 2.24) is 0 Å². The van der Waals surface area contributed by atoms with Crippen LogP contribution in [0.25, 0.3) is 0 Å². The molecule has 3 nitrogen and oxygen atoms in total. The van der Waals surface area contributed by atoms with Gasteiger partial charge in [-0.15, -0.1) is 0 Å². The second-order valence-electron chi connectivity index (χ2n) is 7.36. The van der Waals surface area contributed by atoms with Gasteiger partial charge in [0, 0.05) is 19.8 Å². The maximum Gasteiger partial charge on any atom is 0.514 e. The highest BCUT2D eigenvalue weighted by Crippen LogP contribution is 2.25. The van der Waals surface area contributed by atoms with Crippen LogP contribution in [-0.4, -0.2) is 39.3 Å². The summed E-state index contributed by atoms with van der Waals surface area (Å²) in [7, 11) is -2.79. The van der Waals surface area contributed by atoms with E-state index in [9.17, 15) is 0 Å². The molecule has 0 heterocycles. The predicted molar refractivity (Wildman–Crippen MR) is 127 cm³/mol. The van der Waals surface area contributed by atoms with Crippen LogP contribution in [-0.2, 0) is 13.3 Å². The molecule has 0 amide bonds. The molecule has 0 saturated heterocycles. The van der Waals surface area contributed by atoms with Crippen LogP contribution in [0.3, 0.4) is 0 Å². The molecular formula is C21H46O3S2Si. The third-order valence-corrected chi connectivity index (χ3v) is 9.10. The lowest BCUT2D eigenvalue weighted by Gasteiger charge is -2.34. The van der Waals surface area contributed by atoms with Gasteiger partial charge in [0.05, 0.1) is 4.87 Å². The number of thiol groups is 2. The highest BCUT2D eigenvalue weighted by molar-refractivity contribution is 7.83. The molecular weight excluding hydrogens is 392 g/mol. The van der Waals surface area contributed by atoms with Crippen molar-refractivity contribution in [2.45, 2.75) is 109 Å². The van der Waals surface area contributed by atoms with Crippen molar-refractivity contribution in [2.75, 3.05) is 25.6 Å². The van der Waals surface area contributed by atoms with Crippen molar-refractivity contribution in [3.8, 4) is 0 Å². The zero-order valence-corrected chi connectivity index (χ0v) is 21.0. The first-order valence-electron chi connectivity index (χ1n) is 11.4. The third-order valence-electron chi connectivity index (χ3n) is 4.71. The van der Waals surface area contributed by atoms with Crippen LogP contribution in [0.5, 0.6) is 0 Å². The van der Waals surface area contributed by atoms with Crippen molar-refractivity contribution in [3.63, 3.8) is 0 Å². The summed E-state index contributed by atoms with van der Waals surface area (Å²) in [4.78, 5) is 0.0125. The summed E-state index contributed by atoms with van der Waals surface area (Å²) >= 11 is 9.27. The monoisotopic (exact) mass is 438 g/mol.